The third kappa shape index (κ3) is 3.90. The molecule has 2 aliphatic rings. The van der Waals surface area contributed by atoms with Gasteiger partial charge in [0, 0.05) is 18.1 Å². The van der Waals surface area contributed by atoms with E-state index in [2.05, 4.69) is 9.89 Å². The first-order chi connectivity index (χ1) is 13.9. The van der Waals surface area contributed by atoms with Gasteiger partial charge in [-0.3, -0.25) is 9.89 Å². The number of hydrogen-bond donors (Lipinski definition) is 0. The molecule has 152 valence electrons. The summed E-state index contributed by atoms with van der Waals surface area (Å²) in [5.74, 6) is 0. The number of aliphatic imine (C=N–C) groups is 1. The van der Waals surface area contributed by atoms with E-state index in [1.807, 2.05) is 4.90 Å². The molecule has 0 N–H and O–H groups in total. The molecule has 1 fully saturated rings. The van der Waals surface area contributed by atoms with Gasteiger partial charge in [-0.15, -0.1) is 0 Å². The molecule has 1 saturated heterocycles. The first kappa shape index (κ1) is 20.3. The highest BCUT2D eigenvalue weighted by atomic mass is 35.5. The van der Waals surface area contributed by atoms with Crippen molar-refractivity contribution in [1.29, 1.82) is 0 Å². The van der Waals surface area contributed by atoms with Gasteiger partial charge < -0.3 is 9.64 Å². The summed E-state index contributed by atoms with van der Waals surface area (Å²) in [5.41, 5.74) is 2.34. The molecule has 6 nitrogen and oxygen atoms in total. The maximum Gasteiger partial charge on any atom is 0.206 e. The van der Waals surface area contributed by atoms with Crippen LogP contribution in [0.1, 0.15) is 5.56 Å². The Balaban J connectivity index is 1.81. The van der Waals surface area contributed by atoms with Crippen molar-refractivity contribution >= 4 is 56.4 Å². The Labute approximate surface area is 180 Å². The fourth-order valence-corrected chi connectivity index (χ4v) is 5.09. The highest BCUT2D eigenvalue weighted by Crippen LogP contribution is 2.35. The SMILES string of the molecule is Cc1cc(S(=O)(=O)c2ccc(N3C=NCC3=S)c(N3CCOCC3)c2)ccc1Cl. The number of sulfone groups is 1. The third-order valence-corrected chi connectivity index (χ3v) is 7.50. The predicted molar refractivity (Wildman–Crippen MR) is 120 cm³/mol. The Morgan fingerprint density at radius 1 is 1.07 bits per heavy atom. The van der Waals surface area contributed by atoms with Crippen molar-refractivity contribution in [2.45, 2.75) is 16.7 Å². The van der Waals surface area contributed by atoms with Crippen LogP contribution in [0.4, 0.5) is 11.4 Å². The summed E-state index contributed by atoms with van der Waals surface area (Å²) in [6.45, 7) is 4.78. The number of hydrogen-bond acceptors (Lipinski definition) is 6. The molecular formula is C20H20ClN3O3S2. The second-order valence-electron chi connectivity index (χ2n) is 6.88. The van der Waals surface area contributed by atoms with Crippen molar-refractivity contribution in [3.05, 3.63) is 47.0 Å². The van der Waals surface area contributed by atoms with Gasteiger partial charge >= 0.3 is 0 Å². The van der Waals surface area contributed by atoms with Crippen LogP contribution in [-0.4, -0.2) is 52.6 Å². The quantitative estimate of drug-likeness (QED) is 0.666. The molecule has 0 amide bonds. The van der Waals surface area contributed by atoms with Crippen molar-refractivity contribution in [2.24, 2.45) is 4.99 Å². The number of thiocarbonyl (C=S) groups is 1. The van der Waals surface area contributed by atoms with E-state index in [1.54, 1.807) is 43.6 Å². The highest BCUT2D eigenvalue weighted by molar-refractivity contribution is 7.91. The maximum absolute atomic E-state index is 13.3. The van der Waals surface area contributed by atoms with Crippen molar-refractivity contribution in [2.75, 3.05) is 42.6 Å². The Hall–Kier alpha value is -2.00. The summed E-state index contributed by atoms with van der Waals surface area (Å²) < 4.78 is 32.0. The first-order valence-electron chi connectivity index (χ1n) is 9.18. The molecule has 0 spiro atoms. The molecule has 2 heterocycles. The minimum Gasteiger partial charge on any atom is -0.378 e. The maximum atomic E-state index is 13.3. The summed E-state index contributed by atoms with van der Waals surface area (Å²) >= 11 is 11.5. The Morgan fingerprint density at radius 2 is 1.76 bits per heavy atom. The van der Waals surface area contributed by atoms with Gasteiger partial charge in [0.25, 0.3) is 0 Å². The summed E-state index contributed by atoms with van der Waals surface area (Å²) in [6, 6.07) is 9.88. The van der Waals surface area contributed by atoms with Crippen LogP contribution < -0.4 is 9.80 Å². The molecule has 9 heteroatoms. The molecule has 0 bridgehead atoms. The summed E-state index contributed by atoms with van der Waals surface area (Å²) in [4.78, 5) is 9.32. The lowest BCUT2D eigenvalue weighted by Gasteiger charge is -2.32. The minimum atomic E-state index is -3.69. The molecule has 0 aliphatic carbocycles. The number of halogens is 1. The zero-order valence-corrected chi connectivity index (χ0v) is 18.2. The van der Waals surface area contributed by atoms with E-state index < -0.39 is 9.84 Å². The van der Waals surface area contributed by atoms with Crippen LogP contribution in [0.15, 0.2) is 51.2 Å². The van der Waals surface area contributed by atoms with Crippen LogP contribution in [0, 0.1) is 6.92 Å². The number of aryl methyl sites for hydroxylation is 1. The summed E-state index contributed by atoms with van der Waals surface area (Å²) in [5, 5.41) is 0.537. The topological polar surface area (TPSA) is 62.2 Å². The number of ether oxygens (including phenoxy) is 1. The van der Waals surface area contributed by atoms with Gasteiger partial charge in [0.15, 0.2) is 0 Å². The van der Waals surface area contributed by atoms with Gasteiger partial charge in [-0.2, -0.15) is 0 Å². The van der Waals surface area contributed by atoms with Crippen LogP contribution >= 0.6 is 23.8 Å². The zero-order chi connectivity index (χ0) is 20.6. The lowest BCUT2D eigenvalue weighted by Crippen LogP contribution is -2.38. The number of benzene rings is 2. The molecule has 0 atom stereocenters. The normalized spacial score (nSPS) is 17.2. The van der Waals surface area contributed by atoms with Crippen LogP contribution in [0.3, 0.4) is 0 Å². The molecule has 2 aromatic carbocycles. The second kappa shape index (κ2) is 8.02. The van der Waals surface area contributed by atoms with Crippen LogP contribution in [0.5, 0.6) is 0 Å². The number of morpholine rings is 1. The van der Waals surface area contributed by atoms with E-state index in [0.29, 0.717) is 42.9 Å². The van der Waals surface area contributed by atoms with Gasteiger partial charge in [0.05, 0.1) is 47.3 Å². The van der Waals surface area contributed by atoms with Crippen molar-refractivity contribution in [1.82, 2.24) is 0 Å². The van der Waals surface area contributed by atoms with E-state index in [4.69, 9.17) is 28.6 Å². The van der Waals surface area contributed by atoms with E-state index in [1.165, 1.54) is 6.07 Å². The Bertz CT molecular complexity index is 1100. The fraction of sp³-hybridized carbons (Fsp3) is 0.300. The molecule has 29 heavy (non-hydrogen) atoms. The monoisotopic (exact) mass is 449 g/mol. The predicted octanol–water partition coefficient (Wildman–Crippen LogP) is 3.49. The number of anilines is 2. The molecule has 0 radical (unpaired) electrons. The molecule has 0 aromatic heterocycles. The summed E-state index contributed by atoms with van der Waals surface area (Å²) in [7, 11) is -3.69. The van der Waals surface area contributed by atoms with Crippen LogP contribution in [0.2, 0.25) is 5.02 Å². The van der Waals surface area contributed by atoms with Crippen LogP contribution in [-0.2, 0) is 14.6 Å². The zero-order valence-electron chi connectivity index (χ0n) is 15.8. The standard InChI is InChI=1S/C20H20ClN3O3S2/c1-14-10-15(2-4-17(14)21)29(25,26)16-3-5-18(24-13-22-12-20(24)28)19(11-16)23-6-8-27-9-7-23/h2-5,10-11,13H,6-9,12H2,1H3. The Kier molecular flexibility index (Phi) is 5.61. The molecule has 0 saturated carbocycles. The molecule has 4 rings (SSSR count). The van der Waals surface area contributed by atoms with Gasteiger partial charge in [0.2, 0.25) is 9.84 Å². The van der Waals surface area contributed by atoms with Crippen molar-refractivity contribution < 1.29 is 13.2 Å². The largest absolute Gasteiger partial charge is 0.378 e. The van der Waals surface area contributed by atoms with Gasteiger partial charge in [0.1, 0.15) is 4.99 Å². The number of nitrogens with zero attached hydrogens (tertiary/aromatic N) is 3. The third-order valence-electron chi connectivity index (χ3n) is 5.00. The molecule has 0 unspecified atom stereocenters. The fourth-order valence-electron chi connectivity index (χ4n) is 3.39. The number of rotatable bonds is 4. The average molecular weight is 450 g/mol. The lowest BCUT2D eigenvalue weighted by molar-refractivity contribution is 0.122. The van der Waals surface area contributed by atoms with E-state index in [-0.39, 0.29) is 9.79 Å². The molecule has 2 aliphatic heterocycles. The molecular weight excluding hydrogens is 430 g/mol. The average Bonchev–Trinajstić information content (AvgIpc) is 3.16. The summed E-state index contributed by atoms with van der Waals surface area (Å²) in [6.07, 6.45) is 1.69. The van der Waals surface area contributed by atoms with Crippen LogP contribution in [0.25, 0.3) is 0 Å². The van der Waals surface area contributed by atoms with Crippen molar-refractivity contribution in [3.8, 4) is 0 Å². The first-order valence-corrected chi connectivity index (χ1v) is 11.4. The van der Waals surface area contributed by atoms with E-state index >= 15 is 0 Å². The lowest BCUT2D eigenvalue weighted by atomic mass is 10.2. The minimum absolute atomic E-state index is 0.221. The van der Waals surface area contributed by atoms with Crippen molar-refractivity contribution in [3.63, 3.8) is 0 Å². The van der Waals surface area contributed by atoms with Gasteiger partial charge in [-0.05, 0) is 48.9 Å². The van der Waals surface area contributed by atoms with E-state index in [0.717, 1.165) is 16.9 Å². The van der Waals surface area contributed by atoms with Gasteiger partial charge in [-0.1, -0.05) is 23.8 Å². The smallest absolute Gasteiger partial charge is 0.206 e. The van der Waals surface area contributed by atoms with Gasteiger partial charge in [-0.25, -0.2) is 8.42 Å². The van der Waals surface area contributed by atoms with E-state index in [9.17, 15) is 8.42 Å². The Morgan fingerprint density at radius 3 is 2.41 bits per heavy atom. The highest BCUT2D eigenvalue weighted by Gasteiger charge is 2.26. The molecule has 2 aromatic rings. The second-order valence-corrected chi connectivity index (χ2v) is 9.71.